The summed E-state index contributed by atoms with van der Waals surface area (Å²) in [7, 11) is 4.36. The van der Waals surface area contributed by atoms with Gasteiger partial charge < -0.3 is 9.80 Å². The number of nitrogens with zero attached hydrogens (tertiary/aromatic N) is 2. The standard InChI is InChI=1S/C49H38N2/c1-49(2)40-21-11-10-19-37(40)48-38(20-14-22-41(48)49)47-35-18-9-8-17-34(35)46(36-27-25-32(29-39(36)47)31-15-6-5-7-16-31)33-26-28-44-45(30-33)51(4)43-24-13-12-23-42(43)50(44)3/h5-30H,1-4H3. The largest absolute Gasteiger partial charge is 0.341 e. The molecule has 0 bridgehead atoms. The van der Waals surface area contributed by atoms with Gasteiger partial charge in [0.05, 0.1) is 22.7 Å². The van der Waals surface area contributed by atoms with Gasteiger partial charge >= 0.3 is 0 Å². The second-order valence-corrected chi connectivity index (χ2v) is 14.6. The van der Waals surface area contributed by atoms with Crippen LogP contribution >= 0.6 is 0 Å². The van der Waals surface area contributed by atoms with Crippen LogP contribution in [0.1, 0.15) is 25.0 Å². The van der Waals surface area contributed by atoms with Gasteiger partial charge in [-0.25, -0.2) is 0 Å². The Kier molecular flexibility index (Phi) is 6.38. The van der Waals surface area contributed by atoms with Crippen LogP contribution in [0.4, 0.5) is 22.7 Å². The quantitative estimate of drug-likeness (QED) is 0.175. The zero-order chi connectivity index (χ0) is 34.4. The Bertz CT molecular complexity index is 2700. The molecule has 1 aliphatic heterocycles. The molecule has 2 heteroatoms. The molecule has 0 saturated heterocycles. The van der Waals surface area contributed by atoms with E-state index in [4.69, 9.17) is 0 Å². The van der Waals surface area contributed by atoms with E-state index in [1.54, 1.807) is 0 Å². The predicted molar refractivity (Wildman–Crippen MR) is 218 cm³/mol. The summed E-state index contributed by atoms with van der Waals surface area (Å²) in [6.07, 6.45) is 0. The van der Waals surface area contributed by atoms with Crippen molar-refractivity contribution in [3.8, 4) is 44.5 Å². The molecule has 0 saturated carbocycles. The maximum Gasteiger partial charge on any atom is 0.0656 e. The molecule has 0 unspecified atom stereocenters. The molecule has 244 valence electrons. The van der Waals surface area contributed by atoms with Crippen molar-refractivity contribution >= 4 is 44.3 Å². The highest BCUT2D eigenvalue weighted by Gasteiger charge is 2.37. The van der Waals surface area contributed by atoms with Crippen LogP contribution in [0.15, 0.2) is 158 Å². The van der Waals surface area contributed by atoms with Crippen molar-refractivity contribution in [2.75, 3.05) is 23.9 Å². The molecule has 0 aromatic heterocycles. The molecule has 8 aromatic carbocycles. The number of anilines is 4. The zero-order valence-electron chi connectivity index (χ0n) is 29.4. The molecule has 10 rings (SSSR count). The Balaban J connectivity index is 1.31. The van der Waals surface area contributed by atoms with Gasteiger partial charge in [-0.3, -0.25) is 0 Å². The van der Waals surface area contributed by atoms with Crippen molar-refractivity contribution in [3.05, 3.63) is 169 Å². The molecule has 0 atom stereocenters. The third-order valence-corrected chi connectivity index (χ3v) is 11.6. The number of rotatable bonds is 3. The third kappa shape index (κ3) is 4.23. The molecule has 1 heterocycles. The van der Waals surface area contributed by atoms with E-state index in [0.717, 1.165) is 0 Å². The lowest BCUT2D eigenvalue weighted by Crippen LogP contribution is -2.24. The summed E-state index contributed by atoms with van der Waals surface area (Å²) in [6, 6.07) is 58.6. The fourth-order valence-electron chi connectivity index (χ4n) is 9.07. The van der Waals surface area contributed by atoms with Gasteiger partial charge in [-0.2, -0.15) is 0 Å². The highest BCUT2D eigenvalue weighted by Crippen LogP contribution is 2.55. The second-order valence-electron chi connectivity index (χ2n) is 14.6. The summed E-state index contributed by atoms with van der Waals surface area (Å²) in [4.78, 5) is 4.65. The van der Waals surface area contributed by atoms with Crippen LogP contribution in [0.2, 0.25) is 0 Å². The van der Waals surface area contributed by atoms with Crippen LogP contribution < -0.4 is 9.80 Å². The van der Waals surface area contributed by atoms with E-state index in [1.807, 2.05) is 0 Å². The normalized spacial score (nSPS) is 14.0. The lowest BCUT2D eigenvalue weighted by Gasteiger charge is -2.36. The molecule has 0 fully saturated rings. The Morgan fingerprint density at radius 2 is 0.922 bits per heavy atom. The first-order valence-corrected chi connectivity index (χ1v) is 17.9. The summed E-state index contributed by atoms with van der Waals surface area (Å²) >= 11 is 0. The van der Waals surface area contributed by atoms with E-state index in [-0.39, 0.29) is 5.41 Å². The topological polar surface area (TPSA) is 6.48 Å². The fraction of sp³-hybridized carbons (Fsp3) is 0.102. The van der Waals surface area contributed by atoms with E-state index in [9.17, 15) is 0 Å². The number of hydrogen-bond acceptors (Lipinski definition) is 2. The monoisotopic (exact) mass is 654 g/mol. The van der Waals surface area contributed by atoms with E-state index < -0.39 is 0 Å². The highest BCUT2D eigenvalue weighted by molar-refractivity contribution is 6.23. The van der Waals surface area contributed by atoms with E-state index in [1.165, 1.54) is 99.9 Å². The van der Waals surface area contributed by atoms with E-state index >= 15 is 0 Å². The first kappa shape index (κ1) is 29.8. The number of benzene rings is 8. The van der Waals surface area contributed by atoms with Gasteiger partial charge in [-0.15, -0.1) is 0 Å². The molecule has 2 nitrogen and oxygen atoms in total. The van der Waals surface area contributed by atoms with Gasteiger partial charge in [0.1, 0.15) is 0 Å². The van der Waals surface area contributed by atoms with Crippen LogP contribution in [0.25, 0.3) is 66.1 Å². The first-order chi connectivity index (χ1) is 24.9. The smallest absolute Gasteiger partial charge is 0.0656 e. The molecule has 1 aliphatic carbocycles. The van der Waals surface area contributed by atoms with Crippen LogP contribution in [0, 0.1) is 0 Å². The fourth-order valence-corrected chi connectivity index (χ4v) is 9.07. The van der Waals surface area contributed by atoms with Gasteiger partial charge in [0.15, 0.2) is 0 Å². The molecule has 2 aliphatic rings. The molecule has 0 spiro atoms. The van der Waals surface area contributed by atoms with Gasteiger partial charge in [-0.05, 0) is 108 Å². The molecule has 8 aromatic rings. The Morgan fingerprint density at radius 3 is 1.71 bits per heavy atom. The molecular weight excluding hydrogens is 617 g/mol. The van der Waals surface area contributed by atoms with Crippen LogP contribution in [0.3, 0.4) is 0 Å². The van der Waals surface area contributed by atoms with Crippen LogP contribution in [-0.2, 0) is 5.41 Å². The maximum absolute atomic E-state index is 2.44. The number of hydrogen-bond donors (Lipinski definition) is 0. The van der Waals surface area contributed by atoms with Crippen molar-refractivity contribution in [2.24, 2.45) is 0 Å². The van der Waals surface area contributed by atoms with Crippen LogP contribution in [-0.4, -0.2) is 14.1 Å². The minimum Gasteiger partial charge on any atom is -0.341 e. The lowest BCUT2D eigenvalue weighted by molar-refractivity contribution is 0.660. The van der Waals surface area contributed by atoms with Crippen molar-refractivity contribution in [3.63, 3.8) is 0 Å². The molecule has 0 radical (unpaired) electrons. The van der Waals surface area contributed by atoms with Crippen molar-refractivity contribution in [1.29, 1.82) is 0 Å². The summed E-state index contributed by atoms with van der Waals surface area (Å²) in [5.41, 5.74) is 17.8. The Labute approximate surface area is 299 Å². The summed E-state index contributed by atoms with van der Waals surface area (Å²) in [5.74, 6) is 0. The molecule has 0 amide bonds. The predicted octanol–water partition coefficient (Wildman–Crippen LogP) is 13.1. The average Bonchev–Trinajstić information content (AvgIpc) is 3.42. The minimum absolute atomic E-state index is 0.0797. The number of para-hydroxylation sites is 2. The third-order valence-electron chi connectivity index (χ3n) is 11.6. The summed E-state index contributed by atoms with van der Waals surface area (Å²) in [5, 5.41) is 5.07. The van der Waals surface area contributed by atoms with Crippen molar-refractivity contribution in [1.82, 2.24) is 0 Å². The van der Waals surface area contributed by atoms with E-state index in [2.05, 4.69) is 195 Å². The first-order valence-electron chi connectivity index (χ1n) is 17.9. The summed E-state index contributed by atoms with van der Waals surface area (Å²) < 4.78 is 0. The SMILES string of the molecule is CN1c2ccccc2N(C)c2cc(-c3c4ccccc4c(-c4cccc5c4-c4ccccc4C5(C)C)c4cc(-c5ccccc5)ccc34)ccc21. The second kappa shape index (κ2) is 10.9. The Hall–Kier alpha value is -6.12. The van der Waals surface area contributed by atoms with Gasteiger partial charge in [-0.1, -0.05) is 141 Å². The van der Waals surface area contributed by atoms with Gasteiger partial charge in [0.2, 0.25) is 0 Å². The van der Waals surface area contributed by atoms with Crippen molar-refractivity contribution < 1.29 is 0 Å². The molecule has 51 heavy (non-hydrogen) atoms. The number of fused-ring (bicyclic) bond motifs is 7. The molecule has 0 N–H and O–H groups in total. The minimum atomic E-state index is -0.0797. The molecular formula is C49H38N2. The average molecular weight is 655 g/mol. The maximum atomic E-state index is 2.44. The van der Waals surface area contributed by atoms with E-state index in [0.29, 0.717) is 0 Å². The zero-order valence-corrected chi connectivity index (χ0v) is 29.4. The highest BCUT2D eigenvalue weighted by atomic mass is 15.2. The van der Waals surface area contributed by atoms with Gasteiger partial charge in [0.25, 0.3) is 0 Å². The Morgan fingerprint density at radius 1 is 0.353 bits per heavy atom. The summed E-state index contributed by atoms with van der Waals surface area (Å²) in [6.45, 7) is 4.74. The van der Waals surface area contributed by atoms with Crippen LogP contribution in [0.5, 0.6) is 0 Å². The van der Waals surface area contributed by atoms with Crippen molar-refractivity contribution in [2.45, 2.75) is 19.3 Å². The van der Waals surface area contributed by atoms with Gasteiger partial charge in [0, 0.05) is 19.5 Å². The lowest BCUT2D eigenvalue weighted by atomic mass is 9.80.